The molecular weight excluding hydrogens is 715 g/mol. The van der Waals surface area contributed by atoms with Crippen LogP contribution in [0.3, 0.4) is 0 Å². The topological polar surface area (TPSA) is 135 Å². The van der Waals surface area contributed by atoms with Crippen molar-refractivity contribution in [2.24, 2.45) is 0 Å². The number of sulfonamides is 1. The average molecular weight is 756 g/mol. The lowest BCUT2D eigenvalue weighted by molar-refractivity contribution is 0.0572. The molecule has 276 valence electrons. The van der Waals surface area contributed by atoms with Crippen LogP contribution in [-0.2, 0) is 10.0 Å². The van der Waals surface area contributed by atoms with Gasteiger partial charge in [0.2, 0.25) is 10.0 Å². The molecule has 2 atom stereocenters. The minimum Gasteiger partial charge on any atom is -0.493 e. The van der Waals surface area contributed by atoms with Gasteiger partial charge >= 0.3 is 0 Å². The van der Waals surface area contributed by atoms with Crippen molar-refractivity contribution in [2.45, 2.75) is 36.1 Å². The molecule has 5 aromatic rings. The number of ether oxygens (including phenoxy) is 2. The fourth-order valence-corrected chi connectivity index (χ4v) is 9.53. The summed E-state index contributed by atoms with van der Waals surface area (Å²) in [5, 5.41) is 3.88. The zero-order valence-electron chi connectivity index (χ0n) is 29.7. The Morgan fingerprint density at radius 2 is 1.64 bits per heavy atom. The number of carbonyl (C=O) groups is 2. The summed E-state index contributed by atoms with van der Waals surface area (Å²) in [6.45, 7) is 5.33. The molecule has 0 spiro atoms. The van der Waals surface area contributed by atoms with Crippen LogP contribution in [0.15, 0.2) is 99.9 Å². The summed E-state index contributed by atoms with van der Waals surface area (Å²) in [5.41, 5.74) is 3.98. The van der Waals surface area contributed by atoms with Gasteiger partial charge in [-0.1, -0.05) is 47.6 Å². The molecule has 7 rings (SSSR count). The van der Waals surface area contributed by atoms with E-state index in [1.807, 2.05) is 24.3 Å². The van der Waals surface area contributed by atoms with Gasteiger partial charge in [0.1, 0.15) is 16.2 Å². The highest BCUT2D eigenvalue weighted by molar-refractivity contribution is 7.91. The highest BCUT2D eigenvalue weighted by Crippen LogP contribution is 2.41. The number of amides is 2. The molecule has 14 heteroatoms. The van der Waals surface area contributed by atoms with E-state index in [0.29, 0.717) is 64.7 Å². The second kappa shape index (κ2) is 15.5. The van der Waals surface area contributed by atoms with Crippen molar-refractivity contribution < 1.29 is 32.0 Å². The summed E-state index contributed by atoms with van der Waals surface area (Å²) in [6.07, 6.45) is 2.06. The van der Waals surface area contributed by atoms with Crippen LogP contribution in [0.5, 0.6) is 11.5 Å². The van der Waals surface area contributed by atoms with Crippen molar-refractivity contribution >= 4 is 38.9 Å². The van der Waals surface area contributed by atoms with Crippen molar-refractivity contribution in [3.8, 4) is 22.1 Å². The van der Waals surface area contributed by atoms with Crippen LogP contribution in [0.1, 0.15) is 63.7 Å². The molecule has 3 aromatic carbocycles. The summed E-state index contributed by atoms with van der Waals surface area (Å²) in [7, 11) is -0.758. The molecule has 1 N–H and O–H groups in total. The molecular formula is C39H41N5O7S2. The maximum absolute atomic E-state index is 14.5. The van der Waals surface area contributed by atoms with Gasteiger partial charge in [0.05, 0.1) is 42.0 Å². The van der Waals surface area contributed by atoms with E-state index in [-0.39, 0.29) is 28.6 Å². The van der Waals surface area contributed by atoms with Crippen molar-refractivity contribution in [3.63, 3.8) is 0 Å². The highest BCUT2D eigenvalue weighted by Gasteiger charge is 2.43. The van der Waals surface area contributed by atoms with Crippen molar-refractivity contribution in [1.29, 1.82) is 0 Å². The van der Waals surface area contributed by atoms with E-state index in [9.17, 15) is 18.0 Å². The minimum atomic E-state index is -3.82. The van der Waals surface area contributed by atoms with Crippen LogP contribution in [0, 0.1) is 0 Å². The molecule has 0 saturated carbocycles. The van der Waals surface area contributed by atoms with Crippen LogP contribution in [0.2, 0.25) is 0 Å². The number of nitrogens with zero attached hydrogens (tertiary/aromatic N) is 4. The number of benzene rings is 3. The molecule has 4 heterocycles. The molecule has 2 aliphatic rings. The third kappa shape index (κ3) is 7.32. The maximum Gasteiger partial charge on any atom is 0.264 e. The van der Waals surface area contributed by atoms with Gasteiger partial charge < -0.3 is 18.9 Å². The van der Waals surface area contributed by atoms with Gasteiger partial charge in [0, 0.05) is 44.8 Å². The Balaban J connectivity index is 1.10. The standard InChI is InChI=1S/C39H41N5O7S2/c1-26(27-9-5-4-6-10-27)42-20-22-43(23-21-42)32-12-7-11-29-37(32)39(46)44(38(29)45)31(28-14-15-33(49-2)34(25-28)50-3)13-8-19-40-53(47,48)36-17-16-35(52-36)30-18-24-51-41-30/h4-7,9-12,14-18,24-26,31,40H,8,13,19-23H2,1-3H3. The monoisotopic (exact) mass is 755 g/mol. The summed E-state index contributed by atoms with van der Waals surface area (Å²) in [6, 6.07) is 25.6. The number of anilines is 1. The van der Waals surface area contributed by atoms with Crippen LogP contribution in [0.25, 0.3) is 10.6 Å². The molecule has 12 nitrogen and oxygen atoms in total. The molecule has 0 radical (unpaired) electrons. The number of hydrogen-bond acceptors (Lipinski definition) is 11. The number of carbonyl (C=O) groups excluding carboxylic acids is 2. The molecule has 0 bridgehead atoms. The van der Waals surface area contributed by atoms with Crippen LogP contribution < -0.4 is 19.1 Å². The normalized spacial score (nSPS) is 16.1. The Kier molecular flexibility index (Phi) is 10.6. The average Bonchev–Trinajstić information content (AvgIpc) is 3.96. The maximum atomic E-state index is 14.5. The van der Waals surface area contributed by atoms with Gasteiger partial charge in [-0.2, -0.15) is 0 Å². The van der Waals surface area contributed by atoms with Crippen LogP contribution in [0.4, 0.5) is 5.69 Å². The smallest absolute Gasteiger partial charge is 0.264 e. The first kappa shape index (κ1) is 36.3. The molecule has 2 amide bonds. The summed E-state index contributed by atoms with van der Waals surface area (Å²) in [5.74, 6) is 0.202. The quantitative estimate of drug-likeness (QED) is 0.100. The van der Waals surface area contributed by atoms with Gasteiger partial charge in [0.25, 0.3) is 11.8 Å². The molecule has 1 saturated heterocycles. The van der Waals surface area contributed by atoms with Crippen molar-refractivity contribution in [1.82, 2.24) is 19.7 Å². The molecule has 2 aromatic heterocycles. The number of hydrogen-bond donors (Lipinski definition) is 1. The van der Waals surface area contributed by atoms with E-state index in [1.54, 1.807) is 30.3 Å². The van der Waals surface area contributed by atoms with E-state index < -0.39 is 16.1 Å². The first-order chi connectivity index (χ1) is 25.7. The van der Waals surface area contributed by atoms with Gasteiger partial charge in [0.15, 0.2) is 11.5 Å². The lowest BCUT2D eigenvalue weighted by atomic mass is 9.99. The zero-order valence-corrected chi connectivity index (χ0v) is 31.4. The molecule has 1 fully saturated rings. The number of thiophene rings is 1. The number of fused-ring (bicyclic) bond motifs is 1. The largest absolute Gasteiger partial charge is 0.493 e. The van der Waals surface area contributed by atoms with Crippen molar-refractivity contribution in [3.05, 3.63) is 113 Å². The number of imide groups is 1. The van der Waals surface area contributed by atoms with E-state index in [0.717, 1.165) is 30.1 Å². The molecule has 2 unspecified atom stereocenters. The predicted molar refractivity (Wildman–Crippen MR) is 202 cm³/mol. The summed E-state index contributed by atoms with van der Waals surface area (Å²) in [4.78, 5) is 35.3. The van der Waals surface area contributed by atoms with Gasteiger partial charge in [-0.15, -0.1) is 11.3 Å². The Hall–Kier alpha value is -5.02. The van der Waals surface area contributed by atoms with Gasteiger partial charge in [-0.25, -0.2) is 13.1 Å². The Morgan fingerprint density at radius 1 is 0.868 bits per heavy atom. The Bertz CT molecular complexity index is 2180. The SMILES string of the molecule is COc1ccc(C(CCCNS(=O)(=O)c2ccc(-c3ccon3)s2)N2C(=O)c3cccc(N4CCN(C(C)c5ccccc5)CC4)c3C2=O)cc1OC. The summed E-state index contributed by atoms with van der Waals surface area (Å²) < 4.78 is 45.2. The summed E-state index contributed by atoms with van der Waals surface area (Å²) >= 11 is 1.09. The van der Waals surface area contributed by atoms with Crippen LogP contribution >= 0.6 is 11.3 Å². The molecule has 53 heavy (non-hydrogen) atoms. The number of nitrogens with one attached hydrogen (secondary N) is 1. The number of methoxy groups -OCH3 is 2. The minimum absolute atomic E-state index is 0.0867. The van der Waals surface area contributed by atoms with E-state index >= 15 is 0 Å². The lowest BCUT2D eigenvalue weighted by Gasteiger charge is -2.39. The first-order valence-electron chi connectivity index (χ1n) is 17.5. The van der Waals surface area contributed by atoms with Gasteiger partial charge in [-0.3, -0.25) is 19.4 Å². The van der Waals surface area contributed by atoms with E-state index in [1.165, 1.54) is 37.0 Å². The zero-order chi connectivity index (χ0) is 37.1. The number of piperazine rings is 1. The second-order valence-corrected chi connectivity index (χ2v) is 16.0. The van der Waals surface area contributed by atoms with Crippen LogP contribution in [-0.4, -0.2) is 82.1 Å². The van der Waals surface area contributed by atoms with E-state index in [2.05, 4.69) is 50.9 Å². The Labute approximate surface area is 313 Å². The highest BCUT2D eigenvalue weighted by atomic mass is 32.2. The number of rotatable bonds is 14. The fraction of sp³-hybridized carbons (Fsp3) is 0.308. The first-order valence-corrected chi connectivity index (χ1v) is 19.8. The number of aromatic nitrogens is 1. The molecule has 0 aliphatic carbocycles. The molecule has 2 aliphatic heterocycles. The lowest BCUT2D eigenvalue weighted by Crippen LogP contribution is -2.47. The Morgan fingerprint density at radius 3 is 2.36 bits per heavy atom. The van der Waals surface area contributed by atoms with Gasteiger partial charge in [-0.05, 0) is 67.3 Å². The van der Waals surface area contributed by atoms with E-state index in [4.69, 9.17) is 14.0 Å². The predicted octanol–water partition coefficient (Wildman–Crippen LogP) is 6.40. The third-order valence-electron chi connectivity index (χ3n) is 10.00. The second-order valence-electron chi connectivity index (χ2n) is 13.0. The fourth-order valence-electron chi connectivity index (χ4n) is 7.14. The third-order valence-corrected chi connectivity index (χ3v) is 13.1. The van der Waals surface area contributed by atoms with Crippen molar-refractivity contribution in [2.75, 3.05) is 51.8 Å².